The smallest absolute Gasteiger partial charge is 0.381 e. The fourth-order valence-corrected chi connectivity index (χ4v) is 3.31. The van der Waals surface area contributed by atoms with E-state index in [1.807, 2.05) is 0 Å². The molecular weight excluding hydrogens is 506 g/mol. The van der Waals surface area contributed by atoms with Gasteiger partial charge in [0.15, 0.2) is 0 Å². The quantitative estimate of drug-likeness (QED) is 0.123. The Labute approximate surface area is 165 Å². The van der Waals surface area contributed by atoms with Gasteiger partial charge in [-0.3, -0.25) is 0 Å². The second-order valence-electron chi connectivity index (χ2n) is 6.04. The van der Waals surface area contributed by atoms with Gasteiger partial charge in [0.25, 0.3) is 0 Å². The van der Waals surface area contributed by atoms with E-state index in [-0.39, 0.29) is 12.5 Å². The van der Waals surface area contributed by atoms with E-state index in [4.69, 9.17) is 22.2 Å². The van der Waals surface area contributed by atoms with Crippen LogP contribution < -0.4 is 0 Å². The van der Waals surface area contributed by atoms with Gasteiger partial charge in [0.1, 0.15) is 0 Å². The topological polar surface area (TPSA) is 9.23 Å². The highest BCUT2D eigenvalue weighted by Crippen LogP contribution is 2.60. The van der Waals surface area contributed by atoms with Gasteiger partial charge in [0.05, 0.1) is 6.61 Å². The van der Waals surface area contributed by atoms with Gasteiger partial charge < -0.3 is 4.74 Å². The zero-order valence-electron chi connectivity index (χ0n) is 14.1. The van der Waals surface area contributed by atoms with Crippen LogP contribution in [0.4, 0.5) is 57.1 Å². The van der Waals surface area contributed by atoms with Crippen LogP contribution in [-0.4, -0.2) is 55.7 Å². The van der Waals surface area contributed by atoms with Crippen molar-refractivity contribution in [1.82, 2.24) is 0 Å². The molecule has 0 atom stereocenters. The molecule has 176 valence electrons. The van der Waals surface area contributed by atoms with Crippen molar-refractivity contribution in [2.24, 2.45) is 0 Å². The molecule has 0 radical (unpaired) electrons. The first-order valence-electron chi connectivity index (χ1n) is 7.37. The lowest BCUT2D eigenvalue weighted by molar-refractivity contribution is -0.440. The third-order valence-corrected chi connectivity index (χ3v) is 5.83. The Bertz CT molecular complexity index is 545. The lowest BCUT2D eigenvalue weighted by Crippen LogP contribution is -2.70. The van der Waals surface area contributed by atoms with Gasteiger partial charge in [0, 0.05) is 13.0 Å². The molecule has 29 heavy (non-hydrogen) atoms. The molecule has 0 heterocycles. The van der Waals surface area contributed by atoms with E-state index in [0.29, 0.717) is 0 Å². The van der Waals surface area contributed by atoms with E-state index in [1.165, 1.54) is 6.55 Å². The molecule has 17 heteroatoms. The van der Waals surface area contributed by atoms with Crippen LogP contribution in [0.1, 0.15) is 12.8 Å². The summed E-state index contributed by atoms with van der Waals surface area (Å²) in [5, 5.41) is 0. The molecule has 1 nitrogen and oxygen atoms in total. The zero-order valence-corrected chi connectivity index (χ0v) is 16.6. The van der Waals surface area contributed by atoms with Crippen molar-refractivity contribution in [2.45, 2.75) is 61.2 Å². The SMILES string of the molecule is C[Si](Cl)(Cl)CCCOCCC(F)(F)C(F)(F)C(F)(F)C(F)(F)C(F)(F)C(F)(F)F. The van der Waals surface area contributed by atoms with Crippen molar-refractivity contribution in [3.63, 3.8) is 0 Å². The highest BCUT2D eigenvalue weighted by molar-refractivity contribution is 7.44. The number of ether oxygens (including phenoxy) is 1. The first-order chi connectivity index (χ1) is 12.5. The normalized spacial score (nSPS) is 15.7. The van der Waals surface area contributed by atoms with Crippen molar-refractivity contribution < 1.29 is 61.8 Å². The predicted molar refractivity (Wildman–Crippen MR) is 79.0 cm³/mol. The predicted octanol–water partition coefficient (Wildman–Crippen LogP) is 7.07. The maximum absolute atomic E-state index is 13.4. The van der Waals surface area contributed by atoms with Gasteiger partial charge in [-0.2, -0.15) is 57.1 Å². The second-order valence-corrected chi connectivity index (χ2v) is 14.3. The fourth-order valence-electron chi connectivity index (χ4n) is 1.75. The summed E-state index contributed by atoms with van der Waals surface area (Å²) in [5.74, 6) is -36.8. The lowest BCUT2D eigenvalue weighted by atomic mass is 9.93. The first kappa shape index (κ1) is 28.8. The van der Waals surface area contributed by atoms with E-state index in [9.17, 15) is 57.1 Å². The molecule has 0 fully saturated rings. The molecule has 0 amide bonds. The molecule has 0 spiro atoms. The number of hydrogen-bond donors (Lipinski definition) is 0. The Morgan fingerprint density at radius 1 is 0.655 bits per heavy atom. The van der Waals surface area contributed by atoms with E-state index in [1.54, 1.807) is 0 Å². The van der Waals surface area contributed by atoms with E-state index < -0.39 is 62.1 Å². The van der Waals surface area contributed by atoms with Gasteiger partial charge in [-0.1, -0.05) is 0 Å². The summed E-state index contributed by atoms with van der Waals surface area (Å²) >= 11 is 11.3. The molecule has 0 saturated heterocycles. The Morgan fingerprint density at radius 3 is 1.45 bits per heavy atom. The molecule has 0 aromatic rings. The van der Waals surface area contributed by atoms with Gasteiger partial charge in [-0.05, 0) is 19.0 Å². The van der Waals surface area contributed by atoms with E-state index in [0.717, 1.165) is 0 Å². The molecule has 0 aromatic carbocycles. The van der Waals surface area contributed by atoms with Crippen molar-refractivity contribution in [1.29, 1.82) is 0 Å². The summed E-state index contributed by atoms with van der Waals surface area (Å²) in [6.45, 7) is -3.01. The Balaban J connectivity index is 5.35. The number of alkyl halides is 13. The molecule has 0 unspecified atom stereocenters. The van der Waals surface area contributed by atoms with Gasteiger partial charge in [-0.25, -0.2) is 0 Å². The summed E-state index contributed by atoms with van der Waals surface area (Å²) in [7, 11) is 0. The van der Waals surface area contributed by atoms with E-state index >= 15 is 0 Å². The van der Waals surface area contributed by atoms with Crippen LogP contribution in [0.15, 0.2) is 0 Å². The Morgan fingerprint density at radius 2 is 1.07 bits per heavy atom. The fraction of sp³-hybridized carbons (Fsp3) is 1.00. The lowest BCUT2D eigenvalue weighted by Gasteiger charge is -2.39. The first-order valence-corrected chi connectivity index (χ1v) is 12.1. The monoisotopic (exact) mass is 518 g/mol. The van der Waals surface area contributed by atoms with Crippen LogP contribution in [0.3, 0.4) is 0 Å². The standard InChI is InChI=1S/C12H13Cl2F13OSi/c1-29(13,14)6-2-4-28-5-3-7(15,16)8(17,18)9(19,20)10(21,22)11(23,24)12(25,26)27/h2-6H2,1H3. The minimum absolute atomic E-state index is 0.0315. The second kappa shape index (κ2) is 8.77. The van der Waals surface area contributed by atoms with Crippen LogP contribution >= 0.6 is 22.2 Å². The molecule has 0 aliphatic carbocycles. The highest BCUT2D eigenvalue weighted by atomic mass is 35.7. The molecule has 0 bridgehead atoms. The average Bonchev–Trinajstić information content (AvgIpc) is 2.47. The highest BCUT2D eigenvalue weighted by Gasteiger charge is 2.90. The third kappa shape index (κ3) is 5.96. The maximum Gasteiger partial charge on any atom is 0.460 e. The molecule has 0 aromatic heterocycles. The van der Waals surface area contributed by atoms with Gasteiger partial charge in [0.2, 0.25) is 6.69 Å². The van der Waals surface area contributed by atoms with Crippen molar-refractivity contribution in [3.8, 4) is 0 Å². The Kier molecular flexibility index (Phi) is 8.72. The van der Waals surface area contributed by atoms with Crippen molar-refractivity contribution in [2.75, 3.05) is 13.2 Å². The van der Waals surface area contributed by atoms with Crippen molar-refractivity contribution in [3.05, 3.63) is 0 Å². The Hall–Kier alpha value is -0.153. The van der Waals surface area contributed by atoms with Crippen LogP contribution in [0, 0.1) is 0 Å². The average molecular weight is 519 g/mol. The number of rotatable bonds is 11. The summed E-state index contributed by atoms with van der Waals surface area (Å²) in [5.41, 5.74) is 0. The minimum Gasteiger partial charge on any atom is -0.381 e. The summed E-state index contributed by atoms with van der Waals surface area (Å²) in [6, 6.07) is 0.152. The van der Waals surface area contributed by atoms with Gasteiger partial charge in [-0.15, -0.1) is 22.2 Å². The molecule has 0 N–H and O–H groups in total. The summed E-state index contributed by atoms with van der Waals surface area (Å²) in [6.07, 6.45) is -9.76. The minimum atomic E-state index is -7.89. The van der Waals surface area contributed by atoms with Crippen LogP contribution in [0.5, 0.6) is 0 Å². The molecule has 0 aliphatic heterocycles. The molecule has 0 saturated carbocycles. The van der Waals surface area contributed by atoms with Crippen LogP contribution in [0.2, 0.25) is 12.6 Å². The van der Waals surface area contributed by atoms with Crippen LogP contribution in [0.25, 0.3) is 0 Å². The van der Waals surface area contributed by atoms with Crippen molar-refractivity contribution >= 4 is 28.9 Å². The number of halogens is 15. The summed E-state index contributed by atoms with van der Waals surface area (Å²) < 4.78 is 171. The van der Waals surface area contributed by atoms with Crippen LogP contribution in [-0.2, 0) is 4.74 Å². The third-order valence-electron chi connectivity index (χ3n) is 3.46. The van der Waals surface area contributed by atoms with Gasteiger partial charge >= 0.3 is 35.8 Å². The summed E-state index contributed by atoms with van der Waals surface area (Å²) in [4.78, 5) is 0. The number of hydrogen-bond acceptors (Lipinski definition) is 1. The zero-order chi connectivity index (χ0) is 23.7. The molecule has 0 rings (SSSR count). The van der Waals surface area contributed by atoms with E-state index in [2.05, 4.69) is 4.74 Å². The maximum atomic E-state index is 13.4. The largest absolute Gasteiger partial charge is 0.460 e. The molecule has 0 aliphatic rings. The molecular formula is C12H13Cl2F13OSi.